The highest BCUT2D eigenvalue weighted by Gasteiger charge is 2.30. The molecule has 79 heavy (non-hydrogen) atoms. The van der Waals surface area contributed by atoms with E-state index in [9.17, 15) is 43.2 Å². The summed E-state index contributed by atoms with van der Waals surface area (Å²) in [6.45, 7) is 7.12. The highest BCUT2D eigenvalue weighted by Crippen LogP contribution is 2.45. The molecule has 0 radical (unpaired) electrons. The number of aliphatic hydroxyl groups excluding tert-OH is 1. The third kappa shape index (κ3) is 53.8. The first-order valence-corrected chi connectivity index (χ1v) is 34.7. The van der Waals surface area contributed by atoms with Crippen LogP contribution in [0.4, 0.5) is 0 Å². The van der Waals surface area contributed by atoms with Gasteiger partial charge in [-0.15, -0.1) is 0 Å². The molecule has 6 atom stereocenters. The molecular weight excluding hydrogens is 1050 g/mol. The molecule has 0 saturated carbocycles. The summed E-state index contributed by atoms with van der Waals surface area (Å²) < 4.78 is 67.7. The van der Waals surface area contributed by atoms with E-state index in [2.05, 4.69) is 34.6 Å². The Kier molecular flexibility index (Phi) is 52.7. The number of esters is 4. The minimum absolute atomic E-state index is 0.105. The van der Waals surface area contributed by atoms with Crippen LogP contribution in [0.25, 0.3) is 0 Å². The van der Waals surface area contributed by atoms with Crippen molar-refractivity contribution in [3.8, 4) is 0 Å². The van der Waals surface area contributed by atoms with Crippen LogP contribution in [-0.4, -0.2) is 96.7 Å². The molecule has 3 N–H and O–H groups in total. The SMILES string of the molecule is CCCCCCCCCCCC(=O)OC[C@H](COP(=O)(O)OC[C@@H](O)COP(=O)(O)OC[C@@H](COC(=O)CCCCCCCCC)OC(=O)CCCCCCCCCCC)OC(=O)CCCCCCCCCCCCC(C)CC. The van der Waals surface area contributed by atoms with E-state index < -0.39 is 97.5 Å². The fourth-order valence-electron chi connectivity index (χ4n) is 8.84. The predicted molar refractivity (Wildman–Crippen MR) is 312 cm³/mol. The lowest BCUT2D eigenvalue weighted by Gasteiger charge is -2.21. The van der Waals surface area contributed by atoms with Gasteiger partial charge in [-0.2, -0.15) is 0 Å². The Hall–Kier alpha value is -1.94. The molecule has 0 saturated heterocycles. The maximum absolute atomic E-state index is 12.9. The average molecular weight is 1170 g/mol. The number of carbonyl (C=O) groups excluding carboxylic acids is 4. The Balaban J connectivity index is 5.20. The maximum Gasteiger partial charge on any atom is 0.472 e. The fraction of sp³-hybridized carbons (Fsp3) is 0.933. The first kappa shape index (κ1) is 77.1. The van der Waals surface area contributed by atoms with Gasteiger partial charge in [-0.25, -0.2) is 9.13 Å². The van der Waals surface area contributed by atoms with Crippen LogP contribution in [0.2, 0.25) is 0 Å². The van der Waals surface area contributed by atoms with Crippen LogP contribution in [-0.2, 0) is 65.4 Å². The third-order valence-electron chi connectivity index (χ3n) is 14.1. The molecule has 0 spiro atoms. The monoisotopic (exact) mass is 1170 g/mol. The van der Waals surface area contributed by atoms with Crippen molar-refractivity contribution in [3.05, 3.63) is 0 Å². The van der Waals surface area contributed by atoms with Gasteiger partial charge < -0.3 is 33.8 Å². The standard InChI is InChI=1S/C60H116O17P2/c1-6-10-13-16-19-23-29-34-39-44-58(63)71-50-56(77-60(65)46-41-36-31-26-22-21-25-28-32-37-42-53(5)9-4)52-75-79(68,69)73-48-54(61)47-72-78(66,67)74-51-55(49-70-57(62)43-38-33-27-18-15-12-8-3)76-59(64)45-40-35-30-24-20-17-14-11-7-2/h53-56,61H,6-52H2,1-5H3,(H,66,67)(H,68,69)/t53?,54-,55+,56+/m0/s1. The fourth-order valence-corrected chi connectivity index (χ4v) is 10.4. The number of ether oxygens (including phenoxy) is 4. The number of carbonyl (C=O) groups is 4. The predicted octanol–water partition coefficient (Wildman–Crippen LogP) is 16.2. The molecule has 468 valence electrons. The van der Waals surface area contributed by atoms with Gasteiger partial charge in [-0.05, 0) is 31.6 Å². The molecule has 0 amide bonds. The van der Waals surface area contributed by atoms with Crippen LogP contribution in [0.15, 0.2) is 0 Å². The van der Waals surface area contributed by atoms with Crippen molar-refractivity contribution >= 4 is 39.5 Å². The summed E-state index contributed by atoms with van der Waals surface area (Å²) in [4.78, 5) is 71.8. The Morgan fingerprint density at radius 1 is 0.354 bits per heavy atom. The van der Waals surface area contributed by atoms with E-state index in [1.165, 1.54) is 109 Å². The largest absolute Gasteiger partial charge is 0.472 e. The smallest absolute Gasteiger partial charge is 0.462 e. The van der Waals surface area contributed by atoms with Crippen LogP contribution < -0.4 is 0 Å². The van der Waals surface area contributed by atoms with Crippen LogP contribution in [0, 0.1) is 5.92 Å². The van der Waals surface area contributed by atoms with Gasteiger partial charge in [0.1, 0.15) is 19.3 Å². The molecule has 0 aromatic heterocycles. The summed E-state index contributed by atoms with van der Waals surface area (Å²) in [6, 6.07) is 0. The van der Waals surface area contributed by atoms with Gasteiger partial charge >= 0.3 is 39.5 Å². The van der Waals surface area contributed by atoms with E-state index in [1.807, 2.05) is 0 Å². The van der Waals surface area contributed by atoms with Crippen LogP contribution in [0.5, 0.6) is 0 Å². The van der Waals surface area contributed by atoms with Gasteiger partial charge in [0, 0.05) is 25.7 Å². The molecule has 0 aliphatic carbocycles. The first-order chi connectivity index (χ1) is 38.1. The third-order valence-corrected chi connectivity index (χ3v) is 16.0. The molecule has 0 aliphatic heterocycles. The highest BCUT2D eigenvalue weighted by atomic mass is 31.2. The zero-order chi connectivity index (χ0) is 58.5. The van der Waals surface area contributed by atoms with Crippen LogP contribution in [0.1, 0.15) is 298 Å². The molecule has 0 aromatic carbocycles. The molecule has 0 fully saturated rings. The molecule has 0 heterocycles. The molecule has 0 aromatic rings. The van der Waals surface area contributed by atoms with Crippen molar-refractivity contribution in [1.82, 2.24) is 0 Å². The minimum Gasteiger partial charge on any atom is -0.462 e. The zero-order valence-corrected chi connectivity index (χ0v) is 52.3. The van der Waals surface area contributed by atoms with Crippen molar-refractivity contribution in [1.29, 1.82) is 0 Å². The van der Waals surface area contributed by atoms with Crippen LogP contribution >= 0.6 is 15.6 Å². The summed E-state index contributed by atoms with van der Waals surface area (Å²) in [5, 5.41) is 10.5. The Bertz CT molecular complexity index is 1550. The topological polar surface area (TPSA) is 237 Å². The number of phosphoric acid groups is 2. The van der Waals surface area contributed by atoms with E-state index in [0.29, 0.717) is 25.7 Å². The van der Waals surface area contributed by atoms with Crippen molar-refractivity contribution in [2.24, 2.45) is 5.92 Å². The molecule has 0 aliphatic rings. The van der Waals surface area contributed by atoms with Crippen LogP contribution in [0.3, 0.4) is 0 Å². The molecule has 19 heteroatoms. The zero-order valence-electron chi connectivity index (χ0n) is 50.5. The van der Waals surface area contributed by atoms with Gasteiger partial charge in [0.25, 0.3) is 0 Å². The summed E-state index contributed by atoms with van der Waals surface area (Å²) >= 11 is 0. The van der Waals surface area contributed by atoms with Gasteiger partial charge in [0.05, 0.1) is 26.4 Å². The Morgan fingerprint density at radius 2 is 0.608 bits per heavy atom. The number of unbranched alkanes of at least 4 members (excludes halogenated alkanes) is 31. The number of aliphatic hydroxyl groups is 1. The second kappa shape index (κ2) is 54.0. The summed E-state index contributed by atoms with van der Waals surface area (Å²) in [5.41, 5.74) is 0. The molecular formula is C60H116O17P2. The lowest BCUT2D eigenvalue weighted by atomic mass is 9.99. The van der Waals surface area contributed by atoms with E-state index in [4.69, 9.17) is 37.0 Å². The lowest BCUT2D eigenvalue weighted by Crippen LogP contribution is -2.30. The van der Waals surface area contributed by atoms with Gasteiger partial charge in [-0.3, -0.25) is 37.3 Å². The maximum atomic E-state index is 12.9. The highest BCUT2D eigenvalue weighted by molar-refractivity contribution is 7.47. The minimum atomic E-state index is -4.94. The second-order valence-electron chi connectivity index (χ2n) is 22.0. The quantitative estimate of drug-likeness (QED) is 0.0222. The van der Waals surface area contributed by atoms with Crippen molar-refractivity contribution in [2.45, 2.75) is 316 Å². The first-order valence-electron chi connectivity index (χ1n) is 31.7. The normalized spacial score (nSPS) is 14.7. The number of hydrogen-bond acceptors (Lipinski definition) is 15. The van der Waals surface area contributed by atoms with Gasteiger partial charge in [0.2, 0.25) is 0 Å². The van der Waals surface area contributed by atoms with Crippen molar-refractivity contribution < 1.29 is 80.2 Å². The molecule has 3 unspecified atom stereocenters. The van der Waals surface area contributed by atoms with E-state index >= 15 is 0 Å². The van der Waals surface area contributed by atoms with Gasteiger partial charge in [-0.1, -0.05) is 247 Å². The van der Waals surface area contributed by atoms with E-state index in [-0.39, 0.29) is 25.7 Å². The van der Waals surface area contributed by atoms with E-state index in [1.54, 1.807) is 0 Å². The Labute approximate surface area is 479 Å². The summed E-state index contributed by atoms with van der Waals surface area (Å²) in [5.74, 6) is -1.34. The van der Waals surface area contributed by atoms with Crippen molar-refractivity contribution in [3.63, 3.8) is 0 Å². The average Bonchev–Trinajstić information content (AvgIpc) is 3.42. The molecule has 17 nitrogen and oxygen atoms in total. The summed E-state index contributed by atoms with van der Waals surface area (Å²) in [6.07, 6.45) is 36.2. The Morgan fingerprint density at radius 3 is 0.899 bits per heavy atom. The summed E-state index contributed by atoms with van der Waals surface area (Å²) in [7, 11) is -9.87. The number of phosphoric ester groups is 2. The number of hydrogen-bond donors (Lipinski definition) is 3. The lowest BCUT2D eigenvalue weighted by molar-refractivity contribution is -0.161. The van der Waals surface area contributed by atoms with Crippen molar-refractivity contribution in [2.75, 3.05) is 39.6 Å². The van der Waals surface area contributed by atoms with E-state index in [0.717, 1.165) is 109 Å². The molecule has 0 bridgehead atoms. The number of rotatable bonds is 60. The second-order valence-corrected chi connectivity index (χ2v) is 24.9. The van der Waals surface area contributed by atoms with Gasteiger partial charge in [0.15, 0.2) is 12.2 Å². The molecule has 0 rings (SSSR count).